The van der Waals surface area contributed by atoms with Crippen LogP contribution in [0.3, 0.4) is 0 Å². The van der Waals surface area contributed by atoms with E-state index in [2.05, 4.69) is 65.7 Å². The molecule has 2 nitrogen and oxygen atoms in total. The van der Waals surface area contributed by atoms with Gasteiger partial charge in [0, 0.05) is 0 Å². The highest BCUT2D eigenvalue weighted by molar-refractivity contribution is 5.52. The van der Waals surface area contributed by atoms with Crippen molar-refractivity contribution in [2.75, 3.05) is 0 Å². The van der Waals surface area contributed by atoms with E-state index in [1.807, 2.05) is 0 Å². The molecule has 0 unspecified atom stereocenters. The molecule has 0 bridgehead atoms. The van der Waals surface area contributed by atoms with Gasteiger partial charge >= 0.3 is 0 Å². The van der Waals surface area contributed by atoms with E-state index in [4.69, 9.17) is 0 Å². The quantitative estimate of drug-likeness (QED) is 0.0929. The lowest BCUT2D eigenvalue weighted by Crippen LogP contribution is -2.34. The van der Waals surface area contributed by atoms with Crippen molar-refractivity contribution in [3.63, 3.8) is 0 Å². The Morgan fingerprint density at radius 1 is 0.514 bits per heavy atom. The van der Waals surface area contributed by atoms with Crippen molar-refractivity contribution >= 4 is 0 Å². The summed E-state index contributed by atoms with van der Waals surface area (Å²) >= 11 is 0. The minimum atomic E-state index is 1.15. The van der Waals surface area contributed by atoms with Crippen LogP contribution < -0.4 is 4.57 Å². The zero-order valence-electron chi connectivity index (χ0n) is 24.9. The Hall–Kier alpha value is -1.57. The van der Waals surface area contributed by atoms with Crippen molar-refractivity contribution in [1.29, 1.82) is 0 Å². The highest BCUT2D eigenvalue weighted by Crippen LogP contribution is 2.18. The van der Waals surface area contributed by atoms with Crippen LogP contribution in [0.25, 0.3) is 11.4 Å². The third-order valence-corrected chi connectivity index (χ3v) is 8.01. The average Bonchev–Trinajstić information content (AvgIpc) is 3.33. The molecular weight excluding hydrogens is 448 g/mol. The Morgan fingerprint density at radius 3 is 1.43 bits per heavy atom. The first-order valence-electron chi connectivity index (χ1n) is 16.5. The summed E-state index contributed by atoms with van der Waals surface area (Å²) in [7, 11) is 0. The third-order valence-electron chi connectivity index (χ3n) is 8.01. The van der Waals surface area contributed by atoms with Crippen molar-refractivity contribution in [1.82, 2.24) is 4.57 Å². The van der Waals surface area contributed by atoms with E-state index in [0.29, 0.717) is 0 Å². The molecule has 0 saturated carbocycles. The number of nitrogens with zero attached hydrogens (tertiary/aromatic N) is 2. The lowest BCUT2D eigenvalue weighted by molar-refractivity contribution is -0.686. The normalized spacial score (nSPS) is 11.4. The van der Waals surface area contributed by atoms with Gasteiger partial charge in [-0.05, 0) is 37.8 Å². The second kappa shape index (κ2) is 22.4. The van der Waals surface area contributed by atoms with Crippen LogP contribution in [0.5, 0.6) is 0 Å². The molecule has 0 N–H and O–H groups in total. The van der Waals surface area contributed by atoms with Gasteiger partial charge in [-0.25, -0.2) is 9.13 Å². The summed E-state index contributed by atoms with van der Waals surface area (Å²) in [6, 6.07) is 11.1. The summed E-state index contributed by atoms with van der Waals surface area (Å²) < 4.78 is 5.03. The number of imidazole rings is 1. The molecule has 0 spiro atoms. The minimum absolute atomic E-state index is 1.15. The summed E-state index contributed by atoms with van der Waals surface area (Å²) in [4.78, 5) is 0. The van der Waals surface area contributed by atoms with Crippen LogP contribution in [0.4, 0.5) is 0 Å². The van der Waals surface area contributed by atoms with Crippen molar-refractivity contribution in [3.8, 4) is 11.4 Å². The first kappa shape index (κ1) is 31.6. The predicted octanol–water partition coefficient (Wildman–Crippen LogP) is 11.1. The fourth-order valence-corrected chi connectivity index (χ4v) is 5.64. The molecule has 2 heteroatoms. The maximum absolute atomic E-state index is 2.52. The lowest BCUT2D eigenvalue weighted by Gasteiger charge is -2.07. The molecule has 0 fully saturated rings. The largest absolute Gasteiger partial charge is 0.288 e. The van der Waals surface area contributed by atoms with Gasteiger partial charge in [0.1, 0.15) is 12.4 Å². The summed E-state index contributed by atoms with van der Waals surface area (Å²) in [5.74, 6) is 1.40. The molecule has 0 saturated heterocycles. The summed E-state index contributed by atoms with van der Waals surface area (Å²) in [5.41, 5.74) is 1.36. The lowest BCUT2D eigenvalue weighted by atomic mass is 10.1. The Kier molecular flexibility index (Phi) is 19.2. The molecule has 2 rings (SSSR count). The number of unbranched alkanes of at least 4 members (excludes halogenated alkanes) is 20. The van der Waals surface area contributed by atoms with Crippen molar-refractivity contribution in [3.05, 3.63) is 42.7 Å². The summed E-state index contributed by atoms with van der Waals surface area (Å²) in [5, 5.41) is 0. The van der Waals surface area contributed by atoms with Crippen LogP contribution in [-0.2, 0) is 13.1 Å². The third kappa shape index (κ3) is 14.8. The van der Waals surface area contributed by atoms with Gasteiger partial charge in [-0.2, -0.15) is 0 Å². The number of hydrogen-bond acceptors (Lipinski definition) is 0. The van der Waals surface area contributed by atoms with Crippen molar-refractivity contribution in [2.24, 2.45) is 0 Å². The number of rotatable bonds is 25. The van der Waals surface area contributed by atoms with Crippen LogP contribution >= 0.6 is 0 Å². The predicted molar refractivity (Wildman–Crippen MR) is 163 cm³/mol. The second-order valence-electron chi connectivity index (χ2n) is 11.4. The monoisotopic (exact) mass is 509 g/mol. The molecule has 2 aromatic rings. The Labute approximate surface area is 231 Å². The molecule has 0 aliphatic heterocycles. The van der Waals surface area contributed by atoms with E-state index in [1.165, 1.54) is 153 Å². The van der Waals surface area contributed by atoms with E-state index in [0.717, 1.165) is 13.1 Å². The standard InChI is InChI=1S/C35H61N2/c1-3-5-7-9-11-13-15-16-18-20-22-27-31-37-33-32-36(35(37)34-28-24-23-25-29-34)30-26-21-19-17-14-12-10-8-6-4-2/h23-25,28-29,32-33H,3-22,26-27,30-31H2,1-2H3/q+1. The number of aryl methyl sites for hydroxylation is 2. The summed E-state index contributed by atoms with van der Waals surface area (Å²) in [6.45, 7) is 6.89. The Bertz CT molecular complexity index is 748. The molecule has 0 aliphatic rings. The first-order valence-corrected chi connectivity index (χ1v) is 16.5. The molecule has 37 heavy (non-hydrogen) atoms. The number of aromatic nitrogens is 2. The van der Waals surface area contributed by atoms with E-state index < -0.39 is 0 Å². The Morgan fingerprint density at radius 2 is 0.946 bits per heavy atom. The van der Waals surface area contributed by atoms with Crippen molar-refractivity contribution in [2.45, 2.75) is 168 Å². The second-order valence-corrected chi connectivity index (χ2v) is 11.4. The molecule has 0 atom stereocenters. The SMILES string of the molecule is CCCCCCCCCCCCCC[n+]1ccn(CCCCCCCCCCCC)c1-c1ccccc1. The molecule has 1 aromatic heterocycles. The van der Waals surface area contributed by atoms with E-state index >= 15 is 0 Å². The first-order chi connectivity index (χ1) is 18.4. The van der Waals surface area contributed by atoms with Gasteiger partial charge in [-0.3, -0.25) is 0 Å². The summed E-state index contributed by atoms with van der Waals surface area (Å²) in [6.07, 6.45) is 35.6. The molecule has 0 radical (unpaired) electrons. The van der Waals surface area contributed by atoms with Gasteiger partial charge in [0.15, 0.2) is 0 Å². The topological polar surface area (TPSA) is 8.81 Å². The fourth-order valence-electron chi connectivity index (χ4n) is 5.64. The van der Waals surface area contributed by atoms with Crippen LogP contribution in [0, 0.1) is 0 Å². The minimum Gasteiger partial charge on any atom is -0.230 e. The Balaban J connectivity index is 1.65. The highest BCUT2D eigenvalue weighted by atomic mass is 15.1. The fraction of sp³-hybridized carbons (Fsp3) is 0.743. The number of hydrogen-bond donors (Lipinski definition) is 0. The maximum atomic E-state index is 2.52. The van der Waals surface area contributed by atoms with Gasteiger partial charge in [-0.15, -0.1) is 0 Å². The highest BCUT2D eigenvalue weighted by Gasteiger charge is 2.18. The van der Waals surface area contributed by atoms with Crippen LogP contribution in [-0.4, -0.2) is 4.57 Å². The van der Waals surface area contributed by atoms with Gasteiger partial charge in [0.2, 0.25) is 0 Å². The van der Waals surface area contributed by atoms with Crippen molar-refractivity contribution < 1.29 is 4.57 Å². The van der Waals surface area contributed by atoms with E-state index in [9.17, 15) is 0 Å². The van der Waals surface area contributed by atoms with E-state index in [-0.39, 0.29) is 0 Å². The van der Waals surface area contributed by atoms with Crippen LogP contribution in [0.1, 0.15) is 155 Å². The molecular formula is C35H61N2+. The van der Waals surface area contributed by atoms with E-state index in [1.54, 1.807) is 0 Å². The molecule has 0 aliphatic carbocycles. The molecule has 0 amide bonds. The van der Waals surface area contributed by atoms with Crippen LogP contribution in [0.15, 0.2) is 42.7 Å². The molecule has 1 aromatic carbocycles. The average molecular weight is 510 g/mol. The number of benzene rings is 1. The maximum Gasteiger partial charge on any atom is 0.288 e. The smallest absolute Gasteiger partial charge is 0.230 e. The zero-order chi connectivity index (χ0) is 26.2. The molecule has 1 heterocycles. The van der Waals surface area contributed by atoms with Gasteiger partial charge in [0.05, 0.1) is 18.7 Å². The molecule has 210 valence electrons. The zero-order valence-corrected chi connectivity index (χ0v) is 24.9. The van der Waals surface area contributed by atoms with Gasteiger partial charge < -0.3 is 0 Å². The van der Waals surface area contributed by atoms with Crippen LogP contribution in [0.2, 0.25) is 0 Å². The van der Waals surface area contributed by atoms with Gasteiger partial charge in [-0.1, -0.05) is 148 Å². The van der Waals surface area contributed by atoms with Gasteiger partial charge in [0.25, 0.3) is 5.82 Å².